The van der Waals surface area contributed by atoms with Crippen LogP contribution in [0.3, 0.4) is 0 Å². The molecule has 0 saturated carbocycles. The van der Waals surface area contributed by atoms with Crippen molar-refractivity contribution in [2.45, 2.75) is 32.1 Å². The zero-order valence-electron chi connectivity index (χ0n) is 10.9. The molecule has 1 aliphatic rings. The summed E-state index contributed by atoms with van der Waals surface area (Å²) < 4.78 is 0. The minimum Gasteiger partial charge on any atom is -0.481 e. The molecule has 1 aromatic carbocycles. The molecular formula is C15H21NO2. The fourth-order valence-electron chi connectivity index (χ4n) is 2.57. The smallest absolute Gasteiger partial charge is 0.306 e. The zero-order valence-corrected chi connectivity index (χ0v) is 10.9. The Hall–Kier alpha value is -1.35. The molecule has 0 aromatic heterocycles. The third-order valence-electron chi connectivity index (χ3n) is 3.73. The Kier molecular flexibility index (Phi) is 4.37. The number of benzene rings is 1. The maximum Gasteiger partial charge on any atom is 0.306 e. The van der Waals surface area contributed by atoms with Crippen molar-refractivity contribution >= 4 is 5.97 Å². The van der Waals surface area contributed by atoms with E-state index in [0.29, 0.717) is 12.3 Å². The van der Waals surface area contributed by atoms with Crippen LogP contribution in [0.4, 0.5) is 0 Å². The van der Waals surface area contributed by atoms with E-state index in [1.165, 1.54) is 18.4 Å². The average Bonchev–Trinajstić information content (AvgIpc) is 2.40. The van der Waals surface area contributed by atoms with Gasteiger partial charge in [0.05, 0.1) is 5.92 Å². The van der Waals surface area contributed by atoms with Gasteiger partial charge in [0, 0.05) is 0 Å². The molecule has 0 bridgehead atoms. The summed E-state index contributed by atoms with van der Waals surface area (Å²) in [6, 6.07) is 8.45. The van der Waals surface area contributed by atoms with Crippen LogP contribution in [0.2, 0.25) is 0 Å². The molecule has 0 aliphatic carbocycles. The highest BCUT2D eigenvalue weighted by Gasteiger charge is 2.16. The van der Waals surface area contributed by atoms with Gasteiger partial charge in [-0.3, -0.25) is 4.79 Å². The van der Waals surface area contributed by atoms with E-state index in [1.807, 2.05) is 6.07 Å². The third-order valence-corrected chi connectivity index (χ3v) is 3.73. The van der Waals surface area contributed by atoms with Gasteiger partial charge in [-0.05, 0) is 49.4 Å². The van der Waals surface area contributed by atoms with Gasteiger partial charge in [0.2, 0.25) is 0 Å². The van der Waals surface area contributed by atoms with Crippen LogP contribution < -0.4 is 5.32 Å². The van der Waals surface area contributed by atoms with Gasteiger partial charge >= 0.3 is 5.97 Å². The Labute approximate surface area is 108 Å². The Morgan fingerprint density at radius 1 is 1.44 bits per heavy atom. The first-order valence-electron chi connectivity index (χ1n) is 6.69. The minimum atomic E-state index is -0.720. The van der Waals surface area contributed by atoms with E-state index in [9.17, 15) is 4.79 Å². The predicted molar refractivity (Wildman–Crippen MR) is 71.8 cm³/mol. The lowest BCUT2D eigenvalue weighted by Crippen LogP contribution is -2.26. The molecule has 1 aliphatic heterocycles. The predicted octanol–water partition coefficient (Wildman–Crippen LogP) is 2.42. The third kappa shape index (κ3) is 3.33. The molecule has 1 fully saturated rings. The Morgan fingerprint density at radius 2 is 2.17 bits per heavy atom. The topological polar surface area (TPSA) is 49.3 Å². The van der Waals surface area contributed by atoms with Crippen molar-refractivity contribution < 1.29 is 9.90 Å². The quantitative estimate of drug-likeness (QED) is 0.859. The largest absolute Gasteiger partial charge is 0.481 e. The number of aliphatic carboxylic acids is 1. The monoisotopic (exact) mass is 247 g/mol. The highest BCUT2D eigenvalue weighted by Crippen LogP contribution is 2.26. The molecule has 2 rings (SSSR count). The van der Waals surface area contributed by atoms with Crippen molar-refractivity contribution in [1.82, 2.24) is 5.32 Å². The summed E-state index contributed by atoms with van der Waals surface area (Å²) in [5.74, 6) is -0.401. The summed E-state index contributed by atoms with van der Waals surface area (Å²) in [5, 5.41) is 12.3. The minimum absolute atomic E-state index is 0.312. The fourth-order valence-corrected chi connectivity index (χ4v) is 2.57. The van der Waals surface area contributed by atoms with Gasteiger partial charge in [-0.2, -0.15) is 0 Å². The first-order valence-corrected chi connectivity index (χ1v) is 6.69. The number of carbonyl (C=O) groups is 1. The second-order valence-electron chi connectivity index (χ2n) is 5.21. The van der Waals surface area contributed by atoms with Crippen LogP contribution in [0.1, 0.15) is 36.8 Å². The number of hydrogen-bond donors (Lipinski definition) is 2. The Bertz CT molecular complexity index is 411. The van der Waals surface area contributed by atoms with E-state index in [0.717, 1.165) is 18.7 Å². The van der Waals surface area contributed by atoms with E-state index in [-0.39, 0.29) is 5.92 Å². The van der Waals surface area contributed by atoms with E-state index < -0.39 is 5.97 Å². The number of carboxylic acids is 1. The molecule has 1 atom stereocenters. The number of carboxylic acid groups (broad SMARTS) is 1. The van der Waals surface area contributed by atoms with E-state index in [1.54, 1.807) is 6.92 Å². The Morgan fingerprint density at radius 3 is 2.83 bits per heavy atom. The normalized spacial score (nSPS) is 18.5. The van der Waals surface area contributed by atoms with Crippen molar-refractivity contribution in [1.29, 1.82) is 0 Å². The Balaban J connectivity index is 2.06. The lowest BCUT2D eigenvalue weighted by molar-refractivity contribution is -0.141. The summed E-state index contributed by atoms with van der Waals surface area (Å²) in [5.41, 5.74) is 2.51. The van der Waals surface area contributed by atoms with Crippen LogP contribution in [-0.4, -0.2) is 24.2 Å². The summed E-state index contributed by atoms with van der Waals surface area (Å²) >= 11 is 0. The zero-order chi connectivity index (χ0) is 13.0. The van der Waals surface area contributed by atoms with E-state index in [4.69, 9.17) is 5.11 Å². The lowest BCUT2D eigenvalue weighted by atomic mass is 9.88. The number of nitrogens with one attached hydrogen (secondary N) is 1. The average molecular weight is 247 g/mol. The SMILES string of the molecule is CC(Cc1cccc(C2CCNCC2)c1)C(=O)O. The van der Waals surface area contributed by atoms with E-state index in [2.05, 4.69) is 23.5 Å². The molecule has 0 spiro atoms. The number of piperidine rings is 1. The van der Waals surface area contributed by atoms with Gasteiger partial charge in [-0.15, -0.1) is 0 Å². The van der Waals surface area contributed by atoms with Crippen molar-refractivity contribution in [3.63, 3.8) is 0 Å². The first kappa shape index (κ1) is 13.1. The first-order chi connectivity index (χ1) is 8.66. The van der Waals surface area contributed by atoms with Gasteiger partial charge < -0.3 is 10.4 Å². The van der Waals surface area contributed by atoms with Gasteiger partial charge in [0.25, 0.3) is 0 Å². The molecule has 1 aromatic rings. The molecule has 3 heteroatoms. The summed E-state index contributed by atoms with van der Waals surface area (Å²) in [4.78, 5) is 10.9. The van der Waals surface area contributed by atoms with Gasteiger partial charge in [0.15, 0.2) is 0 Å². The van der Waals surface area contributed by atoms with Crippen molar-refractivity contribution in [2.24, 2.45) is 5.92 Å². The fraction of sp³-hybridized carbons (Fsp3) is 0.533. The maximum atomic E-state index is 10.9. The molecule has 0 radical (unpaired) electrons. The van der Waals surface area contributed by atoms with Crippen molar-refractivity contribution in [2.75, 3.05) is 13.1 Å². The van der Waals surface area contributed by atoms with Crippen LogP contribution in [0.5, 0.6) is 0 Å². The molecule has 3 nitrogen and oxygen atoms in total. The van der Waals surface area contributed by atoms with E-state index >= 15 is 0 Å². The second kappa shape index (κ2) is 6.01. The summed E-state index contributed by atoms with van der Waals surface area (Å²) in [6.07, 6.45) is 2.98. The standard InChI is InChI=1S/C15H21NO2/c1-11(15(17)18)9-12-3-2-4-14(10-12)13-5-7-16-8-6-13/h2-4,10-11,13,16H,5-9H2,1H3,(H,17,18). The molecule has 1 saturated heterocycles. The maximum absolute atomic E-state index is 10.9. The van der Waals surface area contributed by atoms with Gasteiger partial charge in [-0.1, -0.05) is 31.2 Å². The van der Waals surface area contributed by atoms with Crippen molar-refractivity contribution in [3.8, 4) is 0 Å². The highest BCUT2D eigenvalue weighted by atomic mass is 16.4. The number of rotatable bonds is 4. The van der Waals surface area contributed by atoms with Crippen LogP contribution in [0.15, 0.2) is 24.3 Å². The molecule has 18 heavy (non-hydrogen) atoms. The summed E-state index contributed by atoms with van der Waals surface area (Å²) in [6.45, 7) is 3.93. The molecule has 1 unspecified atom stereocenters. The lowest BCUT2D eigenvalue weighted by Gasteiger charge is -2.23. The second-order valence-corrected chi connectivity index (χ2v) is 5.21. The molecule has 98 valence electrons. The summed E-state index contributed by atoms with van der Waals surface area (Å²) in [7, 11) is 0. The van der Waals surface area contributed by atoms with Crippen molar-refractivity contribution in [3.05, 3.63) is 35.4 Å². The molecule has 2 N–H and O–H groups in total. The molecular weight excluding hydrogens is 226 g/mol. The molecule has 0 amide bonds. The van der Waals surface area contributed by atoms with Crippen LogP contribution in [0, 0.1) is 5.92 Å². The molecule has 1 heterocycles. The van der Waals surface area contributed by atoms with Crippen LogP contribution in [-0.2, 0) is 11.2 Å². The van der Waals surface area contributed by atoms with Gasteiger partial charge in [-0.25, -0.2) is 0 Å². The van der Waals surface area contributed by atoms with Crippen LogP contribution in [0.25, 0.3) is 0 Å². The highest BCUT2D eigenvalue weighted by molar-refractivity contribution is 5.69. The number of hydrogen-bond acceptors (Lipinski definition) is 2. The van der Waals surface area contributed by atoms with Gasteiger partial charge in [0.1, 0.15) is 0 Å². The van der Waals surface area contributed by atoms with Crippen LogP contribution >= 0.6 is 0 Å².